The SMILES string of the molecule is CC(=O)N[C@@H](CCCCN)C(=O)N[C@@H](Cc1c[nH]c2ccccc12)C(=O)N[C@@H](CCCCN)C(=O)N[C@@H](CO)C(=O)N[C@@H](Cc1ccccc1)C(=O)N[C@@H](CC(C)C)C(=O)N[C@@H](CCCCN)C(=O)N[C@H](C(=O)N[C@@H](Cc1ccccc1)C(=O)N[C@@H](CCCCN)C(=O)N[C@@H](CO)C(=O)N[C@@H](C)C(=O)N[C@@H](C)C(=O)N[C@@H](CCCCN)C(=O)N[C@H](C(=O)N[C@H](C(=O)N[C@@H](CC(C)C)C(=O)O)C(C)C)[C@@H](C)O)[C@@H](C)O. The first-order valence-corrected chi connectivity index (χ1v) is 49.4. The Morgan fingerprint density at radius 1 is 0.292 bits per heavy atom. The number of nitrogens with one attached hydrogen (secondary N) is 18. The molecule has 46 heteroatoms. The molecule has 0 unspecified atom stereocenters. The minimum atomic E-state index is -1.90. The zero-order valence-electron chi connectivity index (χ0n) is 84.4. The molecule has 0 aliphatic rings. The third-order valence-electron chi connectivity index (χ3n) is 23.7. The molecule has 0 spiro atoms. The van der Waals surface area contributed by atoms with E-state index in [0.29, 0.717) is 61.8 Å². The second-order valence-corrected chi connectivity index (χ2v) is 37.4. The quantitative estimate of drug-likeness (QED) is 0.0186. The number of hydrogen-bond donors (Lipinski definition) is 28. The molecular formula is C98H157N23O23. The number of carboxylic acid groups (broad SMARTS) is 1. The third-order valence-corrected chi connectivity index (χ3v) is 23.7. The highest BCUT2D eigenvalue weighted by Gasteiger charge is 2.41. The van der Waals surface area contributed by atoms with Gasteiger partial charge in [0.1, 0.15) is 103 Å². The lowest BCUT2D eigenvalue weighted by Crippen LogP contribution is -2.62. The van der Waals surface area contributed by atoms with Gasteiger partial charge in [-0.1, -0.05) is 120 Å². The van der Waals surface area contributed by atoms with E-state index in [0.717, 1.165) is 17.8 Å². The molecule has 0 aliphatic carbocycles. The van der Waals surface area contributed by atoms with Gasteiger partial charge in [-0.15, -0.1) is 0 Å². The Hall–Kier alpha value is -12.7. The number of aliphatic hydroxyl groups is 4. The summed E-state index contributed by atoms with van der Waals surface area (Å²) in [5.41, 5.74) is 31.4. The molecular weight excluding hydrogens is 1870 g/mol. The predicted octanol–water partition coefficient (Wildman–Crippen LogP) is -4.28. The van der Waals surface area contributed by atoms with Gasteiger partial charge in [0.2, 0.25) is 100 Å². The van der Waals surface area contributed by atoms with Crippen LogP contribution in [-0.4, -0.2) is 298 Å². The number of aliphatic carboxylic acids is 1. The van der Waals surface area contributed by atoms with Crippen molar-refractivity contribution >= 4 is 117 Å². The number of carboxylic acids is 1. The van der Waals surface area contributed by atoms with Gasteiger partial charge < -0.3 is 150 Å². The highest BCUT2D eigenvalue weighted by atomic mass is 16.4. The maximum atomic E-state index is 15.0. The van der Waals surface area contributed by atoms with Crippen LogP contribution >= 0.6 is 0 Å². The number of H-pyrrole nitrogens is 1. The first-order chi connectivity index (χ1) is 68.3. The summed E-state index contributed by atoms with van der Waals surface area (Å²) in [4.78, 5) is 257. The largest absolute Gasteiger partial charge is 0.480 e. The number of amides is 17. The van der Waals surface area contributed by atoms with Crippen LogP contribution in [0.1, 0.15) is 202 Å². The summed E-state index contributed by atoms with van der Waals surface area (Å²) < 4.78 is 0. The Bertz CT molecular complexity index is 4780. The molecule has 33 N–H and O–H groups in total. The smallest absolute Gasteiger partial charge is 0.326 e. The average molecular weight is 2030 g/mol. The number of unbranched alkanes of at least 4 members (excludes halogenated alkanes) is 5. The molecule has 0 radical (unpaired) electrons. The summed E-state index contributed by atoms with van der Waals surface area (Å²) in [6.45, 7) is 15.0. The first kappa shape index (κ1) is 124. The van der Waals surface area contributed by atoms with Crippen LogP contribution in [0, 0.1) is 17.8 Å². The maximum absolute atomic E-state index is 15.0. The zero-order chi connectivity index (χ0) is 107. The number of aliphatic hydroxyl groups excluding tert-OH is 4. The van der Waals surface area contributed by atoms with Crippen LogP contribution in [0.2, 0.25) is 0 Å². The van der Waals surface area contributed by atoms with Gasteiger partial charge >= 0.3 is 5.97 Å². The van der Waals surface area contributed by atoms with Crippen molar-refractivity contribution in [2.75, 3.05) is 45.9 Å². The number of carbonyl (C=O) groups is 18. The third kappa shape index (κ3) is 43.9. The van der Waals surface area contributed by atoms with Crippen LogP contribution < -0.4 is 119 Å². The molecule has 4 rings (SSSR count). The van der Waals surface area contributed by atoms with E-state index < -0.39 is 240 Å². The van der Waals surface area contributed by atoms with Gasteiger partial charge in [-0.25, -0.2) is 4.79 Å². The maximum Gasteiger partial charge on any atom is 0.326 e. The van der Waals surface area contributed by atoms with Crippen molar-refractivity contribution in [1.82, 2.24) is 95.4 Å². The zero-order valence-corrected chi connectivity index (χ0v) is 84.4. The van der Waals surface area contributed by atoms with Crippen molar-refractivity contribution in [2.45, 2.75) is 319 Å². The molecule has 19 atom stereocenters. The average Bonchev–Trinajstić information content (AvgIpc) is 1.75. The molecule has 144 heavy (non-hydrogen) atoms. The van der Waals surface area contributed by atoms with Crippen molar-refractivity contribution in [3.63, 3.8) is 0 Å². The fraction of sp³-hybridized carbons (Fsp3) is 0.612. The molecule has 3 aromatic carbocycles. The van der Waals surface area contributed by atoms with Gasteiger partial charge in [0.15, 0.2) is 0 Å². The topological polar surface area (TPSA) is 759 Å². The van der Waals surface area contributed by atoms with Crippen LogP contribution in [0.5, 0.6) is 0 Å². The van der Waals surface area contributed by atoms with Crippen molar-refractivity contribution in [1.29, 1.82) is 0 Å². The lowest BCUT2D eigenvalue weighted by atomic mass is 9.99. The minimum Gasteiger partial charge on any atom is -0.480 e. The Kier molecular flexibility index (Phi) is 56.3. The van der Waals surface area contributed by atoms with Crippen molar-refractivity contribution in [2.24, 2.45) is 46.4 Å². The lowest BCUT2D eigenvalue weighted by molar-refractivity contribution is -0.143. The van der Waals surface area contributed by atoms with E-state index in [1.165, 1.54) is 27.7 Å². The lowest BCUT2D eigenvalue weighted by Gasteiger charge is -2.29. The first-order valence-electron chi connectivity index (χ1n) is 49.4. The van der Waals surface area contributed by atoms with Crippen LogP contribution in [0.3, 0.4) is 0 Å². The van der Waals surface area contributed by atoms with Gasteiger partial charge in [0, 0.05) is 43.3 Å². The molecule has 0 saturated carbocycles. The Labute approximate surface area is 840 Å². The van der Waals surface area contributed by atoms with Crippen molar-refractivity contribution in [3.8, 4) is 0 Å². The Balaban J connectivity index is 1.56. The summed E-state index contributed by atoms with van der Waals surface area (Å²) in [6, 6.07) is -2.07. The molecule has 46 nitrogen and oxygen atoms in total. The van der Waals surface area contributed by atoms with Gasteiger partial charge in [-0.3, -0.25) is 81.5 Å². The normalized spacial score (nSPS) is 15.3. The summed E-state index contributed by atoms with van der Waals surface area (Å²) in [5.74, 6) is -18.4. The second-order valence-electron chi connectivity index (χ2n) is 37.4. The number of nitrogens with two attached hydrogens (primary N) is 5. The fourth-order valence-electron chi connectivity index (χ4n) is 15.6. The van der Waals surface area contributed by atoms with Crippen molar-refractivity contribution < 1.29 is 112 Å². The molecule has 0 bridgehead atoms. The molecule has 4 aromatic rings. The molecule has 0 fully saturated rings. The standard InChI is InChI=1S/C98H157N23O23/c1-54(2)46-72(112-91(136)73(48-62-30-14-12-15-31-62)113-94(139)78(53-123)118-86(131)69(38-22-27-43-101)110-92(137)75(50-64-51-104-66-35-19-18-34-65(64)66)114-84(129)67(107-61(11)126)36-20-25-41-99)89(134)111-71(40-24-29-45-103)88(133)120-80(59(9)124)96(141)115-74(49-63-32-16-13-17-33-63)90(135)109-68(37-21-26-42-100)85(130)117-77(52-122)93(138)106-57(7)82(127)105-58(8)83(128)108-70(39-23-28-44-102)87(132)121-81(60(10)125)97(142)119-79(56(5)6)95(140)116-76(98(143)144)47-55(3)4/h12-19,30-35,51,54-60,67-81,104,122-125H,20-29,36-50,52-53,99-103H2,1-11H3,(H,105,127)(H,106,138)(H,107,126)(H,108,128)(H,109,135)(H,110,137)(H,111,134)(H,112,136)(H,113,139)(H,114,129)(H,115,141)(H,116,140)(H,117,130)(H,118,131)(H,119,142)(H,120,133)(H,121,132)(H,143,144)/t57-,58-,59+,60+,67-,68-,69-,70-,71-,72-,73-,74-,75-,76-,77-,78-,79-,80-,81-/m0/s1. The number of aromatic nitrogens is 1. The van der Waals surface area contributed by atoms with Crippen LogP contribution in [0.4, 0.5) is 0 Å². The van der Waals surface area contributed by atoms with E-state index in [4.69, 9.17) is 28.7 Å². The van der Waals surface area contributed by atoms with Crippen LogP contribution in [0.15, 0.2) is 91.1 Å². The van der Waals surface area contributed by atoms with Crippen LogP contribution in [0.25, 0.3) is 10.9 Å². The number of aromatic amines is 1. The molecule has 0 aliphatic heterocycles. The summed E-state index contributed by atoms with van der Waals surface area (Å²) in [6.07, 6.45) is 0.743. The molecule has 1 heterocycles. The van der Waals surface area contributed by atoms with Crippen LogP contribution in [-0.2, 0) is 106 Å². The van der Waals surface area contributed by atoms with E-state index in [2.05, 4.69) is 95.4 Å². The van der Waals surface area contributed by atoms with E-state index in [9.17, 15) is 112 Å². The van der Waals surface area contributed by atoms with E-state index in [1.807, 2.05) is 18.2 Å². The van der Waals surface area contributed by atoms with Gasteiger partial charge in [0.05, 0.1) is 25.4 Å². The highest BCUT2D eigenvalue weighted by molar-refractivity contribution is 6.02. The highest BCUT2D eigenvalue weighted by Crippen LogP contribution is 2.22. The number of fused-ring (bicyclic) bond motifs is 1. The number of benzene rings is 3. The van der Waals surface area contributed by atoms with Crippen molar-refractivity contribution in [3.05, 3.63) is 108 Å². The monoisotopic (exact) mass is 2020 g/mol. The van der Waals surface area contributed by atoms with E-state index >= 15 is 0 Å². The second kappa shape index (κ2) is 65.5. The summed E-state index contributed by atoms with van der Waals surface area (Å²) in [7, 11) is 0. The van der Waals surface area contributed by atoms with E-state index in [1.54, 1.807) is 114 Å². The Morgan fingerprint density at radius 2 is 0.562 bits per heavy atom. The number of hydrogen-bond acceptors (Lipinski definition) is 27. The molecule has 1 aromatic heterocycles. The number of carbonyl (C=O) groups excluding carboxylic acids is 17. The van der Waals surface area contributed by atoms with Gasteiger partial charge in [-0.2, -0.15) is 0 Å². The van der Waals surface area contributed by atoms with E-state index in [-0.39, 0.29) is 128 Å². The Morgan fingerprint density at radius 3 is 0.931 bits per heavy atom. The summed E-state index contributed by atoms with van der Waals surface area (Å²) in [5, 5.41) is 97.6. The number of para-hydroxylation sites is 1. The minimum absolute atomic E-state index is 0.0535. The number of rotatable bonds is 69. The molecule has 0 saturated heterocycles. The summed E-state index contributed by atoms with van der Waals surface area (Å²) >= 11 is 0. The predicted molar refractivity (Wildman–Crippen MR) is 536 cm³/mol. The van der Waals surface area contributed by atoms with Gasteiger partial charge in [-0.05, 0) is 210 Å². The fourth-order valence-corrected chi connectivity index (χ4v) is 15.6. The molecule has 802 valence electrons. The van der Waals surface area contributed by atoms with Gasteiger partial charge in [0.25, 0.3) is 0 Å². The molecule has 17 amide bonds.